The minimum atomic E-state index is -1.14. The Balaban J connectivity index is 4.38. The van der Waals surface area contributed by atoms with Crippen LogP contribution < -0.4 is 5.32 Å². The Kier molecular flexibility index (Phi) is 7.09. The van der Waals surface area contributed by atoms with Gasteiger partial charge in [0.15, 0.2) is 0 Å². The van der Waals surface area contributed by atoms with Gasteiger partial charge >= 0.3 is 11.9 Å². The van der Waals surface area contributed by atoms with Gasteiger partial charge in [-0.25, -0.2) is 0 Å². The van der Waals surface area contributed by atoms with E-state index in [1.807, 2.05) is 0 Å². The van der Waals surface area contributed by atoms with E-state index in [-0.39, 0.29) is 6.54 Å². The minimum absolute atomic E-state index is 0.0444. The van der Waals surface area contributed by atoms with E-state index >= 15 is 0 Å². The molecule has 0 heterocycles. The summed E-state index contributed by atoms with van der Waals surface area (Å²) in [6.07, 6.45) is 4.38. The molecule has 94 valence electrons. The molecule has 17 heavy (non-hydrogen) atoms. The van der Waals surface area contributed by atoms with Gasteiger partial charge in [0, 0.05) is 18.4 Å². The molecule has 0 aliphatic heterocycles. The highest BCUT2D eigenvalue weighted by molar-refractivity contribution is 5.77. The number of hydrogen-bond acceptors (Lipinski definition) is 4. The number of allylic oxidation sites excluding steroid dienone is 2. The first-order valence-electron chi connectivity index (χ1n) is 4.98. The zero-order valence-corrected chi connectivity index (χ0v) is 9.59. The lowest BCUT2D eigenvalue weighted by Gasteiger charge is -2.12. The average molecular weight is 240 g/mol. The predicted molar refractivity (Wildman–Crippen MR) is 63.8 cm³/mol. The van der Waals surface area contributed by atoms with Gasteiger partial charge in [-0.2, -0.15) is 0 Å². The van der Waals surface area contributed by atoms with Crippen LogP contribution in [0.2, 0.25) is 0 Å². The first-order valence-corrected chi connectivity index (χ1v) is 4.98. The normalized spacial score (nSPS) is 13.4. The topological polar surface area (TPSA) is 99.0 Å². The van der Waals surface area contributed by atoms with E-state index in [0.29, 0.717) is 5.70 Å². The largest absolute Gasteiger partial charge is 0.481 e. The lowest BCUT2D eigenvalue weighted by Crippen LogP contribution is -2.29. The fourth-order valence-electron chi connectivity index (χ4n) is 1.09. The molecule has 0 amide bonds. The number of aliphatic imine (C=N–C) groups is 1. The molecule has 0 saturated carbocycles. The molecule has 3 N–H and O–H groups in total. The van der Waals surface area contributed by atoms with Crippen LogP contribution in [0.4, 0.5) is 0 Å². The van der Waals surface area contributed by atoms with Gasteiger partial charge in [-0.3, -0.25) is 14.6 Å². The summed E-state index contributed by atoms with van der Waals surface area (Å²) in [5.41, 5.74) is 0.661. The Labute approximate surface area is 99.4 Å². The van der Waals surface area contributed by atoms with Crippen LogP contribution in [0.1, 0.15) is 13.3 Å². The third-order valence-corrected chi connectivity index (χ3v) is 1.99. The smallest absolute Gasteiger partial charge is 0.308 e. The highest BCUT2D eigenvalue weighted by Crippen LogP contribution is 2.04. The van der Waals surface area contributed by atoms with E-state index < -0.39 is 24.3 Å². The monoisotopic (exact) mass is 240 g/mol. The highest BCUT2D eigenvalue weighted by atomic mass is 16.4. The maximum absolute atomic E-state index is 10.8. The van der Waals surface area contributed by atoms with Crippen molar-refractivity contribution in [3.8, 4) is 0 Å². The van der Waals surface area contributed by atoms with E-state index in [9.17, 15) is 9.59 Å². The van der Waals surface area contributed by atoms with Crippen molar-refractivity contribution in [2.24, 2.45) is 10.9 Å². The summed E-state index contributed by atoms with van der Waals surface area (Å²) in [6, 6.07) is 0. The van der Waals surface area contributed by atoms with E-state index in [2.05, 4.69) is 17.0 Å². The van der Waals surface area contributed by atoms with Crippen LogP contribution in [-0.2, 0) is 9.59 Å². The lowest BCUT2D eigenvalue weighted by molar-refractivity contribution is -0.148. The van der Waals surface area contributed by atoms with Gasteiger partial charge in [0.1, 0.15) is 0 Å². The molecule has 0 aromatic heterocycles. The molecule has 0 saturated heterocycles. The Morgan fingerprint density at radius 2 is 2.12 bits per heavy atom. The number of nitrogens with zero attached hydrogens (tertiary/aromatic N) is 1. The van der Waals surface area contributed by atoms with Crippen molar-refractivity contribution in [3.63, 3.8) is 0 Å². The second-order valence-corrected chi connectivity index (χ2v) is 3.26. The Morgan fingerprint density at radius 1 is 1.47 bits per heavy atom. The zero-order valence-electron chi connectivity index (χ0n) is 9.59. The average Bonchev–Trinajstić information content (AvgIpc) is 2.26. The first kappa shape index (κ1) is 14.9. The summed E-state index contributed by atoms with van der Waals surface area (Å²) >= 11 is 0. The van der Waals surface area contributed by atoms with Crippen LogP contribution in [0.5, 0.6) is 0 Å². The maximum Gasteiger partial charge on any atom is 0.308 e. The fourth-order valence-corrected chi connectivity index (χ4v) is 1.09. The maximum atomic E-state index is 10.8. The SMILES string of the molecule is C=N/C=C\C(=C/C)NCC(CC(=O)O)C(=O)O. The third kappa shape index (κ3) is 6.88. The number of carboxylic acids is 2. The molecule has 0 fully saturated rings. The van der Waals surface area contributed by atoms with Crippen molar-refractivity contribution in [1.29, 1.82) is 0 Å². The van der Waals surface area contributed by atoms with Gasteiger partial charge in [0.05, 0.1) is 12.3 Å². The standard InChI is InChI=1S/C11H16N2O4/c1-3-9(4-5-12-2)13-7-8(11(16)17)6-10(14)15/h3-5,8,13H,2,6-7H2,1H3,(H,14,15)(H,16,17)/b5-4-,9-3+. The molecule has 0 bridgehead atoms. The molecular weight excluding hydrogens is 224 g/mol. The van der Waals surface area contributed by atoms with Crippen LogP contribution >= 0.6 is 0 Å². The van der Waals surface area contributed by atoms with Gasteiger partial charge in [0.25, 0.3) is 0 Å². The summed E-state index contributed by atoms with van der Waals surface area (Å²) < 4.78 is 0. The van der Waals surface area contributed by atoms with Crippen molar-refractivity contribution in [3.05, 3.63) is 24.0 Å². The van der Waals surface area contributed by atoms with Gasteiger partial charge in [-0.05, 0) is 19.7 Å². The summed E-state index contributed by atoms with van der Waals surface area (Å²) in [5.74, 6) is -3.24. The summed E-state index contributed by atoms with van der Waals surface area (Å²) in [7, 11) is 0. The Hall–Kier alpha value is -2.11. The zero-order chi connectivity index (χ0) is 13.3. The van der Waals surface area contributed by atoms with Gasteiger partial charge in [-0.1, -0.05) is 6.08 Å². The number of hydrogen-bond donors (Lipinski definition) is 3. The van der Waals surface area contributed by atoms with Crippen molar-refractivity contribution in [1.82, 2.24) is 5.32 Å². The highest BCUT2D eigenvalue weighted by Gasteiger charge is 2.20. The van der Waals surface area contributed by atoms with Crippen molar-refractivity contribution in [2.45, 2.75) is 13.3 Å². The number of carbonyl (C=O) groups is 2. The van der Waals surface area contributed by atoms with E-state index in [0.717, 1.165) is 0 Å². The van der Waals surface area contributed by atoms with E-state index in [1.165, 1.54) is 6.20 Å². The predicted octanol–water partition coefficient (Wildman–Crippen LogP) is 0.870. The first-order chi connectivity index (χ1) is 8.01. The number of aliphatic carboxylic acids is 2. The molecule has 0 aromatic carbocycles. The molecule has 6 heteroatoms. The van der Waals surface area contributed by atoms with Crippen molar-refractivity contribution < 1.29 is 19.8 Å². The molecule has 0 aliphatic rings. The van der Waals surface area contributed by atoms with Crippen LogP contribution in [0.3, 0.4) is 0 Å². The minimum Gasteiger partial charge on any atom is -0.481 e. The van der Waals surface area contributed by atoms with Gasteiger partial charge in [0.2, 0.25) is 0 Å². The molecule has 1 atom stereocenters. The fraction of sp³-hybridized carbons (Fsp3) is 0.364. The molecule has 0 aromatic rings. The summed E-state index contributed by atoms with van der Waals surface area (Å²) in [5, 5.41) is 20.2. The Bertz CT molecular complexity index is 347. The third-order valence-electron chi connectivity index (χ3n) is 1.99. The quantitative estimate of drug-likeness (QED) is 0.432. The second-order valence-electron chi connectivity index (χ2n) is 3.26. The molecule has 6 nitrogen and oxygen atoms in total. The van der Waals surface area contributed by atoms with Gasteiger partial charge in [-0.15, -0.1) is 0 Å². The molecule has 0 aliphatic carbocycles. The number of nitrogens with one attached hydrogen (secondary N) is 1. The molecule has 0 radical (unpaired) electrons. The molecule has 1 unspecified atom stereocenters. The van der Waals surface area contributed by atoms with E-state index in [1.54, 1.807) is 19.1 Å². The van der Waals surface area contributed by atoms with Crippen molar-refractivity contribution in [2.75, 3.05) is 6.54 Å². The molecular formula is C11H16N2O4. The van der Waals surface area contributed by atoms with Crippen LogP contribution in [0.15, 0.2) is 29.0 Å². The lowest BCUT2D eigenvalue weighted by atomic mass is 10.1. The van der Waals surface area contributed by atoms with Crippen LogP contribution in [0.25, 0.3) is 0 Å². The Morgan fingerprint density at radius 3 is 2.53 bits per heavy atom. The van der Waals surface area contributed by atoms with E-state index in [4.69, 9.17) is 10.2 Å². The molecule has 0 spiro atoms. The second kappa shape index (κ2) is 8.09. The number of carboxylic acid groups (broad SMARTS) is 2. The number of rotatable bonds is 8. The summed E-state index contributed by atoms with van der Waals surface area (Å²) in [4.78, 5) is 24.8. The van der Waals surface area contributed by atoms with Crippen LogP contribution in [0, 0.1) is 5.92 Å². The summed E-state index contributed by atoms with van der Waals surface area (Å²) in [6.45, 7) is 5.08. The van der Waals surface area contributed by atoms with Gasteiger partial charge < -0.3 is 15.5 Å². The molecule has 0 rings (SSSR count). The van der Waals surface area contributed by atoms with Crippen molar-refractivity contribution >= 4 is 18.7 Å². The van der Waals surface area contributed by atoms with Crippen LogP contribution in [-0.4, -0.2) is 35.4 Å².